The smallest absolute Gasteiger partial charge is 0.277 e. The van der Waals surface area contributed by atoms with Gasteiger partial charge in [0, 0.05) is 4.88 Å². The Bertz CT molecular complexity index is 1110. The van der Waals surface area contributed by atoms with Crippen LogP contribution in [0, 0.1) is 13.8 Å². The fourth-order valence-corrected chi connectivity index (χ4v) is 5.77. The number of rotatable bonds is 4. The highest BCUT2D eigenvalue weighted by Gasteiger charge is 2.32. The van der Waals surface area contributed by atoms with Gasteiger partial charge in [-0.3, -0.25) is 14.8 Å². The lowest BCUT2D eigenvalue weighted by molar-refractivity contribution is 0.102. The van der Waals surface area contributed by atoms with E-state index in [0.29, 0.717) is 11.6 Å². The Balaban J connectivity index is 1.69. The van der Waals surface area contributed by atoms with E-state index in [2.05, 4.69) is 15.4 Å². The maximum absolute atomic E-state index is 12.7. The summed E-state index contributed by atoms with van der Waals surface area (Å²) >= 11 is 1.41. The van der Waals surface area contributed by atoms with Gasteiger partial charge in [0.15, 0.2) is 20.7 Å². The molecule has 1 aromatic carbocycles. The van der Waals surface area contributed by atoms with Crippen molar-refractivity contribution in [3.8, 4) is 11.3 Å². The second-order valence-corrected chi connectivity index (χ2v) is 10.3. The van der Waals surface area contributed by atoms with Gasteiger partial charge in [-0.1, -0.05) is 30.3 Å². The van der Waals surface area contributed by atoms with E-state index in [1.165, 1.54) is 11.3 Å². The Morgan fingerprint density at radius 3 is 2.61 bits per heavy atom. The van der Waals surface area contributed by atoms with Crippen LogP contribution in [0.4, 0.5) is 5.13 Å². The van der Waals surface area contributed by atoms with Crippen LogP contribution in [-0.2, 0) is 9.84 Å². The molecule has 1 atom stereocenters. The van der Waals surface area contributed by atoms with Crippen LogP contribution in [0.25, 0.3) is 11.3 Å². The lowest BCUT2D eigenvalue weighted by atomic mass is 10.1. The molecule has 7 nitrogen and oxygen atoms in total. The molecule has 1 saturated heterocycles. The molecule has 0 saturated carbocycles. The zero-order valence-electron chi connectivity index (χ0n) is 15.5. The van der Waals surface area contributed by atoms with Crippen molar-refractivity contribution in [3.63, 3.8) is 0 Å². The summed E-state index contributed by atoms with van der Waals surface area (Å²) in [6, 6.07) is 11.0. The maximum atomic E-state index is 12.7. The number of hydrogen-bond acceptors (Lipinski definition) is 6. The monoisotopic (exact) mass is 416 g/mol. The third-order valence-corrected chi connectivity index (χ3v) is 7.58. The van der Waals surface area contributed by atoms with Crippen LogP contribution in [0.1, 0.15) is 33.5 Å². The molecule has 28 heavy (non-hydrogen) atoms. The normalized spacial score (nSPS) is 18.3. The van der Waals surface area contributed by atoms with Gasteiger partial charge in [-0.25, -0.2) is 13.4 Å². The van der Waals surface area contributed by atoms with Gasteiger partial charge in [0.25, 0.3) is 5.91 Å². The second-order valence-electron chi connectivity index (χ2n) is 6.90. The molecule has 1 fully saturated rings. The molecular formula is C19H20N4O3S2. The fourth-order valence-electron chi connectivity index (χ4n) is 3.26. The molecular weight excluding hydrogens is 396 g/mol. The lowest BCUT2D eigenvalue weighted by Gasteiger charge is -2.13. The second kappa shape index (κ2) is 7.14. The third-order valence-electron chi connectivity index (χ3n) is 4.84. The van der Waals surface area contributed by atoms with E-state index in [4.69, 9.17) is 0 Å². The fraction of sp³-hybridized carbons (Fsp3) is 0.316. The first-order valence-electron chi connectivity index (χ1n) is 8.93. The molecule has 0 unspecified atom stereocenters. The zero-order chi connectivity index (χ0) is 19.9. The number of sulfone groups is 1. The molecule has 9 heteroatoms. The number of thiazole rings is 1. The van der Waals surface area contributed by atoms with E-state index < -0.39 is 9.84 Å². The number of hydrogen-bond donors (Lipinski definition) is 1. The van der Waals surface area contributed by atoms with Crippen molar-refractivity contribution >= 4 is 32.2 Å². The molecule has 0 bridgehead atoms. The van der Waals surface area contributed by atoms with Crippen LogP contribution in [0.5, 0.6) is 0 Å². The van der Waals surface area contributed by atoms with Crippen LogP contribution in [0.15, 0.2) is 36.4 Å². The molecule has 0 radical (unpaired) electrons. The van der Waals surface area contributed by atoms with Crippen LogP contribution in [0.2, 0.25) is 0 Å². The summed E-state index contributed by atoms with van der Waals surface area (Å²) in [6.45, 7) is 3.84. The number of aromatic nitrogens is 3. The van der Waals surface area contributed by atoms with E-state index in [0.717, 1.165) is 21.8 Å². The van der Waals surface area contributed by atoms with Gasteiger partial charge in [0.05, 0.1) is 28.9 Å². The molecule has 2 aromatic heterocycles. The van der Waals surface area contributed by atoms with Crippen molar-refractivity contribution in [3.05, 3.63) is 52.7 Å². The Labute approximate surface area is 167 Å². The van der Waals surface area contributed by atoms with Crippen LogP contribution < -0.4 is 5.32 Å². The van der Waals surface area contributed by atoms with Crippen molar-refractivity contribution in [1.29, 1.82) is 0 Å². The summed E-state index contributed by atoms with van der Waals surface area (Å²) in [4.78, 5) is 18.1. The molecule has 1 amide bonds. The molecule has 0 aliphatic carbocycles. The van der Waals surface area contributed by atoms with Gasteiger partial charge in [-0.2, -0.15) is 5.10 Å². The third kappa shape index (κ3) is 3.72. The Morgan fingerprint density at radius 1 is 1.25 bits per heavy atom. The Hall–Kier alpha value is -2.52. The van der Waals surface area contributed by atoms with Gasteiger partial charge < -0.3 is 0 Å². The number of nitrogens with one attached hydrogen (secondary N) is 1. The number of anilines is 1. The van der Waals surface area contributed by atoms with E-state index >= 15 is 0 Å². The van der Waals surface area contributed by atoms with Crippen molar-refractivity contribution in [1.82, 2.24) is 14.8 Å². The summed E-state index contributed by atoms with van der Waals surface area (Å²) in [5, 5.41) is 7.80. The summed E-state index contributed by atoms with van der Waals surface area (Å²) in [6.07, 6.45) is 0.496. The number of amides is 1. The minimum atomic E-state index is -3.07. The van der Waals surface area contributed by atoms with E-state index in [-0.39, 0.29) is 29.1 Å². The lowest BCUT2D eigenvalue weighted by Crippen LogP contribution is -2.16. The predicted octanol–water partition coefficient (Wildman–Crippen LogP) is 3.24. The SMILES string of the molecule is Cc1nc(NC(=O)c2cc(-c3ccccc3)n([C@@H]3CCS(=O)(=O)C3)n2)sc1C. The average Bonchev–Trinajstić information content (AvgIpc) is 3.33. The number of carbonyl (C=O) groups excluding carboxylic acids is 1. The highest BCUT2D eigenvalue weighted by molar-refractivity contribution is 7.91. The van der Waals surface area contributed by atoms with Gasteiger partial charge in [-0.15, -0.1) is 11.3 Å². The highest BCUT2D eigenvalue weighted by atomic mass is 32.2. The minimum absolute atomic E-state index is 0.0421. The molecule has 0 spiro atoms. The van der Waals surface area contributed by atoms with E-state index in [9.17, 15) is 13.2 Å². The first kappa shape index (κ1) is 18.8. The predicted molar refractivity (Wildman–Crippen MR) is 110 cm³/mol. The minimum Gasteiger partial charge on any atom is -0.296 e. The Morgan fingerprint density at radius 2 is 2.00 bits per heavy atom. The molecule has 1 aliphatic heterocycles. The van der Waals surface area contributed by atoms with Crippen LogP contribution >= 0.6 is 11.3 Å². The molecule has 3 heterocycles. The highest BCUT2D eigenvalue weighted by Crippen LogP contribution is 2.30. The molecule has 1 aliphatic rings. The van der Waals surface area contributed by atoms with Crippen molar-refractivity contribution in [2.45, 2.75) is 26.3 Å². The summed E-state index contributed by atoms with van der Waals surface area (Å²) in [7, 11) is -3.07. The first-order chi connectivity index (χ1) is 13.3. The Kier molecular flexibility index (Phi) is 4.80. The topological polar surface area (TPSA) is 94.0 Å². The number of nitrogens with zero attached hydrogens (tertiary/aromatic N) is 3. The van der Waals surface area contributed by atoms with Crippen LogP contribution in [-0.4, -0.2) is 40.6 Å². The van der Waals surface area contributed by atoms with Crippen molar-refractivity contribution < 1.29 is 13.2 Å². The molecule has 3 aromatic rings. The van der Waals surface area contributed by atoms with Gasteiger partial charge in [-0.05, 0) is 31.9 Å². The molecule has 1 N–H and O–H groups in total. The summed E-state index contributed by atoms with van der Waals surface area (Å²) in [5.74, 6) is -0.170. The average molecular weight is 417 g/mol. The number of carbonyl (C=O) groups is 1. The number of aryl methyl sites for hydroxylation is 2. The van der Waals surface area contributed by atoms with Gasteiger partial charge >= 0.3 is 0 Å². The van der Waals surface area contributed by atoms with E-state index in [1.54, 1.807) is 10.7 Å². The quantitative estimate of drug-likeness (QED) is 0.705. The first-order valence-corrected chi connectivity index (χ1v) is 11.6. The molecule has 4 rings (SSSR count). The zero-order valence-corrected chi connectivity index (χ0v) is 17.2. The van der Waals surface area contributed by atoms with Crippen LogP contribution in [0.3, 0.4) is 0 Å². The van der Waals surface area contributed by atoms with Crippen molar-refractivity contribution in [2.75, 3.05) is 16.8 Å². The van der Waals surface area contributed by atoms with Crippen molar-refractivity contribution in [2.24, 2.45) is 0 Å². The molecule has 146 valence electrons. The standard InChI is InChI=1S/C19H20N4O3S2/c1-12-13(2)27-19(20-12)21-18(24)16-10-17(14-6-4-3-5-7-14)23(22-16)15-8-9-28(25,26)11-15/h3-7,10,15H,8-9,11H2,1-2H3,(H,20,21,24)/t15-/m1/s1. The largest absolute Gasteiger partial charge is 0.296 e. The summed E-state index contributed by atoms with van der Waals surface area (Å²) in [5.41, 5.74) is 2.75. The number of benzene rings is 1. The van der Waals surface area contributed by atoms with Gasteiger partial charge in [0.1, 0.15) is 0 Å². The van der Waals surface area contributed by atoms with E-state index in [1.807, 2.05) is 44.2 Å². The van der Waals surface area contributed by atoms with Gasteiger partial charge in [0.2, 0.25) is 0 Å². The maximum Gasteiger partial charge on any atom is 0.277 e. The summed E-state index contributed by atoms with van der Waals surface area (Å²) < 4.78 is 25.6.